The first-order valence-electron chi connectivity index (χ1n) is 12.4. The van der Waals surface area contributed by atoms with Crippen LogP contribution in [0.2, 0.25) is 0 Å². The van der Waals surface area contributed by atoms with E-state index in [-0.39, 0.29) is 6.61 Å². The second-order valence-corrected chi connectivity index (χ2v) is 9.24. The zero-order chi connectivity index (χ0) is 23.4. The Hall–Kier alpha value is -2.57. The van der Waals surface area contributed by atoms with Gasteiger partial charge in [-0.1, -0.05) is 39.0 Å². The van der Waals surface area contributed by atoms with Crippen molar-refractivity contribution in [1.82, 2.24) is 19.6 Å². The lowest BCUT2D eigenvalue weighted by atomic mass is 9.94. The molecule has 1 aromatic carbocycles. The topological polar surface area (TPSA) is 56.6 Å². The molecule has 0 atom stereocenters. The Morgan fingerprint density at radius 2 is 2.06 bits per heavy atom. The van der Waals surface area contributed by atoms with Crippen molar-refractivity contribution in [3.8, 4) is 11.3 Å². The molecule has 1 saturated carbocycles. The molecule has 2 heterocycles. The summed E-state index contributed by atoms with van der Waals surface area (Å²) in [5.74, 6) is 0. The Bertz CT molecular complexity index is 989. The Kier molecular flexibility index (Phi) is 7.56. The fourth-order valence-electron chi connectivity index (χ4n) is 5.35. The number of rotatable bonds is 10. The number of hydrogen-bond donors (Lipinski definition) is 2. The fraction of sp³-hybridized carbons (Fsp3) is 0.519. The van der Waals surface area contributed by atoms with Gasteiger partial charge in [0.15, 0.2) is 0 Å². The average molecular weight is 450 g/mol. The summed E-state index contributed by atoms with van der Waals surface area (Å²) < 4.78 is 2.24. The highest BCUT2D eigenvalue weighted by Crippen LogP contribution is 2.40. The van der Waals surface area contributed by atoms with Crippen molar-refractivity contribution >= 4 is 17.5 Å². The number of aryl methyl sites for hydroxylation is 1. The van der Waals surface area contributed by atoms with Crippen molar-refractivity contribution in [3.05, 3.63) is 48.2 Å². The number of nitrogens with zero attached hydrogens (tertiary/aromatic N) is 4. The van der Waals surface area contributed by atoms with Crippen LogP contribution < -0.4 is 5.32 Å². The summed E-state index contributed by atoms with van der Waals surface area (Å²) in [4.78, 5) is 4.76. The zero-order valence-electron chi connectivity index (χ0n) is 20.3. The number of nitrogens with one attached hydrogen (secondary N) is 1. The molecule has 0 bridgehead atoms. The third kappa shape index (κ3) is 4.73. The first-order chi connectivity index (χ1) is 16.1. The first kappa shape index (κ1) is 23.6. The molecule has 1 saturated heterocycles. The highest BCUT2D eigenvalue weighted by atomic mass is 16.3. The van der Waals surface area contributed by atoms with Gasteiger partial charge in [-0.2, -0.15) is 5.10 Å². The number of hydrogen-bond acceptors (Lipinski definition) is 5. The van der Waals surface area contributed by atoms with Gasteiger partial charge in [0.2, 0.25) is 0 Å². The Morgan fingerprint density at radius 1 is 1.27 bits per heavy atom. The summed E-state index contributed by atoms with van der Waals surface area (Å²) in [6, 6.07) is 5.06. The van der Waals surface area contributed by atoms with Crippen LogP contribution in [0.1, 0.15) is 61.8 Å². The molecule has 0 amide bonds. The molecular formula is C27H39N5O. The predicted molar refractivity (Wildman–Crippen MR) is 138 cm³/mol. The van der Waals surface area contributed by atoms with E-state index < -0.39 is 0 Å². The van der Waals surface area contributed by atoms with Gasteiger partial charge in [-0.15, -0.1) is 0 Å². The largest absolute Gasteiger partial charge is 0.396 e. The summed E-state index contributed by atoms with van der Waals surface area (Å²) >= 11 is 0. The van der Waals surface area contributed by atoms with Gasteiger partial charge >= 0.3 is 0 Å². The van der Waals surface area contributed by atoms with Crippen LogP contribution >= 0.6 is 0 Å². The lowest BCUT2D eigenvalue weighted by molar-refractivity contribution is 0.236. The minimum absolute atomic E-state index is 0.243. The number of anilines is 1. The predicted octanol–water partition coefficient (Wildman–Crippen LogP) is 4.84. The normalized spacial score (nSPS) is 17.1. The van der Waals surface area contributed by atoms with E-state index >= 15 is 0 Å². The summed E-state index contributed by atoms with van der Waals surface area (Å²) in [5.41, 5.74) is 8.12. The SMILES string of the molecule is C=Cc1cnn(C2CCCC2)c1-c1cc(C(=C)N2CCN(CCCO)C2)c(CC)cc1NC. The lowest BCUT2D eigenvalue weighted by Gasteiger charge is -2.26. The monoisotopic (exact) mass is 449 g/mol. The molecule has 6 heteroatoms. The molecule has 1 aliphatic heterocycles. The van der Waals surface area contributed by atoms with E-state index in [0.29, 0.717) is 6.04 Å². The Morgan fingerprint density at radius 3 is 2.73 bits per heavy atom. The zero-order valence-corrected chi connectivity index (χ0v) is 20.3. The molecular weight excluding hydrogens is 410 g/mol. The minimum Gasteiger partial charge on any atom is -0.396 e. The van der Waals surface area contributed by atoms with Crippen LogP contribution in [0.4, 0.5) is 5.69 Å². The minimum atomic E-state index is 0.243. The number of aliphatic hydroxyl groups excluding tert-OH is 1. The molecule has 178 valence electrons. The fourth-order valence-corrected chi connectivity index (χ4v) is 5.35. The van der Waals surface area contributed by atoms with Crippen molar-refractivity contribution in [3.63, 3.8) is 0 Å². The van der Waals surface area contributed by atoms with E-state index in [1.807, 2.05) is 19.3 Å². The van der Waals surface area contributed by atoms with E-state index in [1.54, 1.807) is 0 Å². The third-order valence-electron chi connectivity index (χ3n) is 7.24. The van der Waals surface area contributed by atoms with Crippen molar-refractivity contribution in [2.45, 2.75) is 51.5 Å². The van der Waals surface area contributed by atoms with Crippen LogP contribution in [-0.4, -0.2) is 64.6 Å². The molecule has 2 aliphatic rings. The van der Waals surface area contributed by atoms with Gasteiger partial charge in [-0.25, -0.2) is 0 Å². The summed E-state index contributed by atoms with van der Waals surface area (Å²) in [7, 11) is 2.00. The molecule has 0 radical (unpaired) electrons. The maximum Gasteiger partial charge on any atom is 0.0778 e. The van der Waals surface area contributed by atoms with Crippen LogP contribution in [0.3, 0.4) is 0 Å². The number of aliphatic hydroxyl groups is 1. The quantitative estimate of drug-likeness (QED) is 0.544. The van der Waals surface area contributed by atoms with Gasteiger partial charge in [0, 0.05) is 61.4 Å². The molecule has 1 aliphatic carbocycles. The van der Waals surface area contributed by atoms with E-state index in [1.165, 1.54) is 42.4 Å². The maximum atomic E-state index is 9.18. The van der Waals surface area contributed by atoms with Gasteiger partial charge in [-0.05, 0) is 43.4 Å². The number of benzene rings is 1. The molecule has 6 nitrogen and oxygen atoms in total. The first-order valence-corrected chi connectivity index (χ1v) is 12.4. The van der Waals surface area contributed by atoms with E-state index in [4.69, 9.17) is 5.10 Å². The average Bonchev–Trinajstić information content (AvgIpc) is 3.61. The van der Waals surface area contributed by atoms with E-state index in [0.717, 1.165) is 61.8 Å². The lowest BCUT2D eigenvalue weighted by Crippen LogP contribution is -2.26. The molecule has 2 aromatic rings. The Labute approximate surface area is 198 Å². The molecule has 0 unspecified atom stereocenters. The van der Waals surface area contributed by atoms with E-state index in [2.05, 4.69) is 52.0 Å². The summed E-state index contributed by atoms with van der Waals surface area (Å²) in [5, 5.41) is 17.4. The molecule has 2 fully saturated rings. The van der Waals surface area contributed by atoms with Gasteiger partial charge in [-0.3, -0.25) is 9.58 Å². The van der Waals surface area contributed by atoms with Gasteiger partial charge in [0.1, 0.15) is 0 Å². The van der Waals surface area contributed by atoms with Crippen LogP contribution in [0.15, 0.2) is 31.5 Å². The second kappa shape index (κ2) is 10.6. The Balaban J connectivity index is 1.74. The van der Waals surface area contributed by atoms with Crippen molar-refractivity contribution in [1.29, 1.82) is 0 Å². The summed E-state index contributed by atoms with van der Waals surface area (Å²) in [6.07, 6.45) is 10.6. The van der Waals surface area contributed by atoms with Crippen molar-refractivity contribution < 1.29 is 5.11 Å². The third-order valence-corrected chi connectivity index (χ3v) is 7.24. The standard InChI is InChI=1S/C27H39N5O/c1-5-21-16-26(28-4)25(27-22(6-2)18-29-32(27)23-10-7-8-11-23)17-24(21)20(3)31-14-13-30(19-31)12-9-15-33/h6,16-18,23,28,33H,2-3,5,7-15,19H2,1,4H3. The van der Waals surface area contributed by atoms with Gasteiger partial charge in [0.05, 0.1) is 24.6 Å². The molecule has 1 aromatic heterocycles. The van der Waals surface area contributed by atoms with Gasteiger partial charge in [0.25, 0.3) is 0 Å². The molecule has 33 heavy (non-hydrogen) atoms. The second-order valence-electron chi connectivity index (χ2n) is 9.24. The summed E-state index contributed by atoms with van der Waals surface area (Å²) in [6.45, 7) is 14.8. The van der Waals surface area contributed by atoms with Crippen LogP contribution in [0, 0.1) is 0 Å². The highest BCUT2D eigenvalue weighted by Gasteiger charge is 2.26. The van der Waals surface area contributed by atoms with Crippen molar-refractivity contribution in [2.75, 3.05) is 45.3 Å². The van der Waals surface area contributed by atoms with Crippen LogP contribution in [-0.2, 0) is 6.42 Å². The molecule has 4 rings (SSSR count). The maximum absolute atomic E-state index is 9.18. The van der Waals surface area contributed by atoms with Crippen LogP contribution in [0.5, 0.6) is 0 Å². The number of aromatic nitrogens is 2. The molecule has 0 spiro atoms. The van der Waals surface area contributed by atoms with E-state index in [9.17, 15) is 5.11 Å². The highest BCUT2D eigenvalue weighted by molar-refractivity contribution is 5.85. The smallest absolute Gasteiger partial charge is 0.0778 e. The van der Waals surface area contributed by atoms with Crippen molar-refractivity contribution in [2.24, 2.45) is 0 Å². The van der Waals surface area contributed by atoms with Crippen LogP contribution in [0.25, 0.3) is 23.0 Å². The van der Waals surface area contributed by atoms with Gasteiger partial charge < -0.3 is 15.3 Å². The molecule has 2 N–H and O–H groups in total.